The van der Waals surface area contributed by atoms with E-state index in [-0.39, 0.29) is 0 Å². The zero-order valence-corrected chi connectivity index (χ0v) is 10.9. The lowest BCUT2D eigenvalue weighted by Gasteiger charge is -2.04. The van der Waals surface area contributed by atoms with Crippen molar-refractivity contribution in [2.45, 2.75) is 6.54 Å². The van der Waals surface area contributed by atoms with Gasteiger partial charge < -0.3 is 10.5 Å². The normalized spacial score (nSPS) is 10.4. The van der Waals surface area contributed by atoms with Crippen LogP contribution in [-0.4, -0.2) is 21.9 Å². The van der Waals surface area contributed by atoms with E-state index < -0.39 is 0 Å². The average molecular weight is 330 g/mol. The van der Waals surface area contributed by atoms with Gasteiger partial charge in [-0.25, -0.2) is 9.67 Å². The zero-order valence-electron chi connectivity index (χ0n) is 8.72. The molecule has 84 valence electrons. The largest absolute Gasteiger partial charge is 0.481 e. The van der Waals surface area contributed by atoms with Gasteiger partial charge in [-0.3, -0.25) is 0 Å². The molecule has 0 bridgehead atoms. The molecule has 0 aliphatic carbocycles. The maximum absolute atomic E-state index is 5.85. The number of aromatic nitrogens is 3. The summed E-state index contributed by atoms with van der Waals surface area (Å²) in [7, 11) is 1.59. The number of hydrogen-bond acceptors (Lipinski definition) is 4. The summed E-state index contributed by atoms with van der Waals surface area (Å²) in [4.78, 5) is 4.12. The van der Waals surface area contributed by atoms with Crippen LogP contribution in [0, 0.1) is 3.57 Å². The molecule has 0 aliphatic rings. The second-order valence-corrected chi connectivity index (χ2v) is 4.41. The van der Waals surface area contributed by atoms with E-state index >= 15 is 0 Å². The lowest BCUT2D eigenvalue weighted by atomic mass is 10.3. The van der Waals surface area contributed by atoms with Crippen LogP contribution in [0.25, 0.3) is 0 Å². The van der Waals surface area contributed by atoms with Crippen molar-refractivity contribution < 1.29 is 4.74 Å². The third-order valence-corrected chi connectivity index (χ3v) is 3.00. The van der Waals surface area contributed by atoms with Crippen molar-refractivity contribution >= 4 is 28.4 Å². The second-order valence-electron chi connectivity index (χ2n) is 3.24. The standard InChI is InChI=1S/C10H11IN4O/c1-16-9-3-2-7(4-13-9)6-15-10(12)8(11)5-14-15/h2-5H,6,12H2,1H3. The Labute approximate surface area is 107 Å². The van der Waals surface area contributed by atoms with E-state index in [1.165, 1.54) is 0 Å². The first-order chi connectivity index (χ1) is 7.70. The summed E-state index contributed by atoms with van der Waals surface area (Å²) in [6.07, 6.45) is 3.50. The Morgan fingerprint density at radius 2 is 2.25 bits per heavy atom. The van der Waals surface area contributed by atoms with Crippen molar-refractivity contribution in [3.8, 4) is 5.88 Å². The lowest BCUT2D eigenvalue weighted by molar-refractivity contribution is 0.397. The van der Waals surface area contributed by atoms with Crippen LogP contribution in [0.15, 0.2) is 24.5 Å². The number of pyridine rings is 1. The van der Waals surface area contributed by atoms with E-state index in [4.69, 9.17) is 10.5 Å². The van der Waals surface area contributed by atoms with Crippen LogP contribution >= 0.6 is 22.6 Å². The van der Waals surface area contributed by atoms with Gasteiger partial charge in [0.2, 0.25) is 5.88 Å². The van der Waals surface area contributed by atoms with Crippen molar-refractivity contribution in [1.82, 2.24) is 14.8 Å². The fourth-order valence-electron chi connectivity index (χ4n) is 1.30. The van der Waals surface area contributed by atoms with Gasteiger partial charge in [0.1, 0.15) is 5.82 Å². The van der Waals surface area contributed by atoms with Gasteiger partial charge in [-0.05, 0) is 28.2 Å². The number of anilines is 1. The van der Waals surface area contributed by atoms with Crippen molar-refractivity contribution in [1.29, 1.82) is 0 Å². The molecule has 0 saturated carbocycles. The predicted molar refractivity (Wildman–Crippen MR) is 69.2 cm³/mol. The molecule has 0 spiro atoms. The van der Waals surface area contributed by atoms with Gasteiger partial charge in [0, 0.05) is 12.3 Å². The number of methoxy groups -OCH3 is 1. The summed E-state index contributed by atoms with van der Waals surface area (Å²) in [6.45, 7) is 0.617. The molecule has 0 unspecified atom stereocenters. The highest BCUT2D eigenvalue weighted by atomic mass is 127. The monoisotopic (exact) mass is 330 g/mol. The molecular formula is C10H11IN4O. The van der Waals surface area contributed by atoms with Crippen molar-refractivity contribution in [2.75, 3.05) is 12.8 Å². The summed E-state index contributed by atoms with van der Waals surface area (Å²) >= 11 is 2.16. The van der Waals surface area contributed by atoms with Crippen LogP contribution < -0.4 is 10.5 Å². The van der Waals surface area contributed by atoms with Gasteiger partial charge in [-0.2, -0.15) is 5.10 Å². The summed E-state index contributed by atoms with van der Waals surface area (Å²) in [5, 5.41) is 4.18. The van der Waals surface area contributed by atoms with Crippen molar-refractivity contribution in [2.24, 2.45) is 0 Å². The lowest BCUT2D eigenvalue weighted by Crippen LogP contribution is -2.06. The first-order valence-corrected chi connectivity index (χ1v) is 5.74. The SMILES string of the molecule is COc1ccc(Cn2ncc(I)c2N)cn1. The van der Waals surface area contributed by atoms with E-state index in [1.54, 1.807) is 24.2 Å². The van der Waals surface area contributed by atoms with Gasteiger partial charge in [0.15, 0.2) is 0 Å². The summed E-state index contributed by atoms with van der Waals surface area (Å²) < 4.78 is 7.69. The number of nitrogens with two attached hydrogens (primary N) is 1. The molecule has 0 amide bonds. The smallest absolute Gasteiger partial charge is 0.212 e. The number of ether oxygens (including phenoxy) is 1. The van der Waals surface area contributed by atoms with E-state index in [0.29, 0.717) is 18.2 Å². The van der Waals surface area contributed by atoms with Crippen LogP contribution in [0.1, 0.15) is 5.56 Å². The third-order valence-electron chi connectivity index (χ3n) is 2.17. The second kappa shape index (κ2) is 4.69. The van der Waals surface area contributed by atoms with E-state index in [0.717, 1.165) is 9.13 Å². The molecular weight excluding hydrogens is 319 g/mol. The molecule has 2 aromatic heterocycles. The van der Waals surface area contributed by atoms with Crippen molar-refractivity contribution in [3.05, 3.63) is 33.7 Å². The maximum Gasteiger partial charge on any atom is 0.212 e. The summed E-state index contributed by atoms with van der Waals surface area (Å²) in [5.74, 6) is 1.28. The molecule has 2 aromatic rings. The van der Waals surface area contributed by atoms with Gasteiger partial charge >= 0.3 is 0 Å². The summed E-state index contributed by atoms with van der Waals surface area (Å²) in [5.41, 5.74) is 6.89. The minimum atomic E-state index is 0.603. The number of rotatable bonds is 3. The highest BCUT2D eigenvalue weighted by Gasteiger charge is 2.05. The topological polar surface area (TPSA) is 66.0 Å². The number of nitrogens with zero attached hydrogens (tertiary/aromatic N) is 3. The molecule has 2 N–H and O–H groups in total. The Morgan fingerprint density at radius 3 is 2.75 bits per heavy atom. The highest BCUT2D eigenvalue weighted by Crippen LogP contribution is 2.15. The maximum atomic E-state index is 5.85. The first kappa shape index (κ1) is 11.2. The van der Waals surface area contributed by atoms with Crippen molar-refractivity contribution in [3.63, 3.8) is 0 Å². The molecule has 0 atom stereocenters. The fraction of sp³-hybridized carbons (Fsp3) is 0.200. The molecule has 2 rings (SSSR count). The first-order valence-electron chi connectivity index (χ1n) is 4.66. The highest BCUT2D eigenvalue weighted by molar-refractivity contribution is 14.1. The Kier molecular flexibility index (Phi) is 3.28. The Bertz CT molecular complexity index is 480. The summed E-state index contributed by atoms with van der Waals surface area (Å²) in [6, 6.07) is 3.76. The molecule has 5 nitrogen and oxygen atoms in total. The van der Waals surface area contributed by atoms with E-state index in [2.05, 4.69) is 32.7 Å². The number of hydrogen-bond donors (Lipinski definition) is 1. The molecule has 2 heterocycles. The molecule has 0 aromatic carbocycles. The van der Waals surface area contributed by atoms with Gasteiger partial charge in [-0.15, -0.1) is 0 Å². The number of halogens is 1. The molecule has 0 saturated heterocycles. The van der Waals surface area contributed by atoms with E-state index in [1.807, 2.05) is 12.1 Å². The minimum Gasteiger partial charge on any atom is -0.481 e. The Hall–Kier alpha value is -1.31. The Morgan fingerprint density at radius 1 is 1.44 bits per heavy atom. The Balaban J connectivity index is 2.17. The quantitative estimate of drug-likeness (QED) is 0.867. The van der Waals surface area contributed by atoms with Crippen LogP contribution in [0.5, 0.6) is 5.88 Å². The fourth-order valence-corrected chi connectivity index (χ4v) is 1.70. The van der Waals surface area contributed by atoms with Crippen LogP contribution in [0.4, 0.5) is 5.82 Å². The van der Waals surface area contributed by atoms with Gasteiger partial charge in [0.25, 0.3) is 0 Å². The predicted octanol–water partition coefficient (Wildman–Crippen LogP) is 1.52. The zero-order chi connectivity index (χ0) is 11.5. The van der Waals surface area contributed by atoms with Gasteiger partial charge in [0.05, 0.1) is 23.4 Å². The van der Waals surface area contributed by atoms with Gasteiger partial charge in [-0.1, -0.05) is 6.07 Å². The van der Waals surface area contributed by atoms with E-state index in [9.17, 15) is 0 Å². The molecule has 6 heteroatoms. The van der Waals surface area contributed by atoms with Crippen LogP contribution in [0.2, 0.25) is 0 Å². The third kappa shape index (κ3) is 2.26. The van der Waals surface area contributed by atoms with Crippen LogP contribution in [-0.2, 0) is 6.54 Å². The number of nitrogen functional groups attached to an aromatic ring is 1. The molecule has 0 aliphatic heterocycles. The molecule has 16 heavy (non-hydrogen) atoms. The minimum absolute atomic E-state index is 0.603. The molecule has 0 fully saturated rings. The average Bonchev–Trinajstić information content (AvgIpc) is 2.62. The van der Waals surface area contributed by atoms with Crippen LogP contribution in [0.3, 0.4) is 0 Å². The molecule has 0 radical (unpaired) electrons.